The summed E-state index contributed by atoms with van der Waals surface area (Å²) in [6, 6.07) is 11.3. The Balaban J connectivity index is 1.94. The largest absolute Gasteiger partial charge is 0.485 e. The maximum absolute atomic E-state index is 10.3. The third kappa shape index (κ3) is 2.75. The summed E-state index contributed by atoms with van der Waals surface area (Å²) in [6.07, 6.45) is -0.213. The summed E-state index contributed by atoms with van der Waals surface area (Å²) in [7, 11) is 0. The Kier molecular flexibility index (Phi) is 4.09. The van der Waals surface area contributed by atoms with E-state index in [0.29, 0.717) is 17.2 Å². The second-order valence-electron chi connectivity index (χ2n) is 4.71. The molecule has 0 radical (unpaired) electrons. The zero-order chi connectivity index (χ0) is 14.3. The summed E-state index contributed by atoms with van der Waals surface area (Å²) < 4.78 is 7.94. The van der Waals surface area contributed by atoms with Crippen LogP contribution in [0, 0.1) is 0 Å². The van der Waals surface area contributed by atoms with Gasteiger partial charge in [0.2, 0.25) is 0 Å². The van der Waals surface area contributed by atoms with Gasteiger partial charge in [-0.2, -0.15) is 0 Å². The maximum Gasteiger partial charge on any atom is 0.127 e. The fraction of sp³-hybridized carbons (Fsp3) is 0.200. The Morgan fingerprint density at radius 3 is 2.65 bits per heavy atom. The number of rotatable bonds is 1. The van der Waals surface area contributed by atoms with Gasteiger partial charge in [-0.25, -0.2) is 0 Å². The van der Waals surface area contributed by atoms with Crippen molar-refractivity contribution in [2.24, 2.45) is 0 Å². The minimum absolute atomic E-state index is 0.164. The molecule has 1 heterocycles. The molecule has 20 heavy (non-hydrogen) atoms. The first-order valence-corrected chi connectivity index (χ1v) is 8.10. The van der Waals surface area contributed by atoms with Crippen molar-refractivity contribution >= 4 is 43.5 Å². The van der Waals surface area contributed by atoms with Gasteiger partial charge in [-0.05, 0) is 67.8 Å². The van der Waals surface area contributed by atoms with Crippen LogP contribution in [-0.4, -0.2) is 5.11 Å². The molecule has 104 valence electrons. The van der Waals surface area contributed by atoms with E-state index >= 15 is 0 Å². The van der Waals surface area contributed by atoms with Crippen molar-refractivity contribution in [1.82, 2.24) is 0 Å². The van der Waals surface area contributed by atoms with Crippen molar-refractivity contribution in [2.45, 2.75) is 18.6 Å². The monoisotopic (exact) mass is 416 g/mol. The van der Waals surface area contributed by atoms with Gasteiger partial charge in [-0.3, -0.25) is 0 Å². The van der Waals surface area contributed by atoms with Gasteiger partial charge in [0.15, 0.2) is 0 Å². The number of fused-ring (bicyclic) bond motifs is 1. The minimum atomic E-state index is -0.565. The molecule has 1 N–H and O–H groups in total. The summed E-state index contributed by atoms with van der Waals surface area (Å²) in [5, 5.41) is 10.9. The van der Waals surface area contributed by atoms with Crippen molar-refractivity contribution in [3.8, 4) is 5.75 Å². The molecule has 2 aromatic rings. The van der Waals surface area contributed by atoms with Crippen molar-refractivity contribution in [3.63, 3.8) is 0 Å². The predicted octanol–water partition coefficient (Wildman–Crippen LogP) is 5.42. The molecule has 3 rings (SSSR count). The van der Waals surface area contributed by atoms with Crippen molar-refractivity contribution in [2.75, 3.05) is 0 Å². The lowest BCUT2D eigenvalue weighted by atomic mass is 9.95. The van der Waals surface area contributed by atoms with E-state index in [1.807, 2.05) is 18.2 Å². The molecule has 1 aliphatic heterocycles. The average Bonchev–Trinajstić information content (AvgIpc) is 2.42. The Morgan fingerprint density at radius 1 is 1.10 bits per heavy atom. The van der Waals surface area contributed by atoms with Crippen LogP contribution < -0.4 is 4.74 Å². The fourth-order valence-corrected chi connectivity index (χ4v) is 3.16. The van der Waals surface area contributed by atoms with Crippen molar-refractivity contribution in [3.05, 3.63) is 61.5 Å². The second kappa shape index (κ2) is 5.68. The lowest BCUT2D eigenvalue weighted by Gasteiger charge is -2.30. The smallest absolute Gasteiger partial charge is 0.127 e. The molecule has 0 saturated carbocycles. The molecular weight excluding hydrogens is 407 g/mol. The highest BCUT2D eigenvalue weighted by atomic mass is 79.9. The van der Waals surface area contributed by atoms with Gasteiger partial charge in [-0.1, -0.05) is 17.7 Å². The van der Waals surface area contributed by atoms with E-state index in [0.717, 1.165) is 20.1 Å². The van der Waals surface area contributed by atoms with Crippen LogP contribution >= 0.6 is 43.5 Å². The van der Waals surface area contributed by atoms with Crippen LogP contribution in [-0.2, 0) is 0 Å². The molecule has 5 heteroatoms. The van der Waals surface area contributed by atoms with Gasteiger partial charge in [0, 0.05) is 26.0 Å². The lowest BCUT2D eigenvalue weighted by molar-refractivity contribution is 0.0657. The zero-order valence-corrected chi connectivity index (χ0v) is 14.2. The Morgan fingerprint density at radius 2 is 1.90 bits per heavy atom. The molecule has 0 amide bonds. The quantitative estimate of drug-likeness (QED) is 0.670. The van der Waals surface area contributed by atoms with Crippen LogP contribution in [0.3, 0.4) is 0 Å². The lowest BCUT2D eigenvalue weighted by Crippen LogP contribution is -2.19. The fourth-order valence-electron chi connectivity index (χ4n) is 2.33. The van der Waals surface area contributed by atoms with Gasteiger partial charge in [0.05, 0.1) is 6.10 Å². The van der Waals surface area contributed by atoms with Crippen LogP contribution in [0.4, 0.5) is 0 Å². The number of hydrogen-bond acceptors (Lipinski definition) is 2. The van der Waals surface area contributed by atoms with E-state index in [1.54, 1.807) is 18.2 Å². The maximum atomic E-state index is 10.3. The predicted molar refractivity (Wildman–Crippen MR) is 86.2 cm³/mol. The van der Waals surface area contributed by atoms with Gasteiger partial charge >= 0.3 is 0 Å². The summed E-state index contributed by atoms with van der Waals surface area (Å²) >= 11 is 12.9. The third-order valence-corrected chi connectivity index (χ3v) is 5.47. The molecule has 1 aliphatic rings. The number of hydrogen-bond donors (Lipinski definition) is 1. The Bertz CT molecular complexity index is 660. The molecule has 0 bridgehead atoms. The zero-order valence-electron chi connectivity index (χ0n) is 10.3. The third-order valence-electron chi connectivity index (χ3n) is 3.35. The van der Waals surface area contributed by atoms with E-state index in [4.69, 9.17) is 16.3 Å². The minimum Gasteiger partial charge on any atom is -0.485 e. The van der Waals surface area contributed by atoms with E-state index in [9.17, 15) is 5.11 Å². The molecule has 2 nitrogen and oxygen atoms in total. The molecule has 0 fully saturated rings. The number of aliphatic hydroxyl groups excluding tert-OH is 1. The Labute approximate surface area is 139 Å². The van der Waals surface area contributed by atoms with E-state index in [1.165, 1.54) is 0 Å². The standard InChI is InChI=1S/C15H11Br2ClO2/c16-11-3-1-8(5-12(11)17)15-7-13(19)10-6-9(18)2-4-14(10)20-15/h1-6,13,15,19H,7H2. The van der Waals surface area contributed by atoms with E-state index < -0.39 is 6.10 Å². The number of aliphatic hydroxyl groups is 1. The van der Waals surface area contributed by atoms with Crippen LogP contribution in [0.15, 0.2) is 45.3 Å². The summed E-state index contributed by atoms with van der Waals surface area (Å²) in [5.74, 6) is 0.692. The number of halogens is 3. The summed E-state index contributed by atoms with van der Waals surface area (Å²) in [4.78, 5) is 0. The van der Waals surface area contributed by atoms with Gasteiger partial charge < -0.3 is 9.84 Å². The second-order valence-corrected chi connectivity index (χ2v) is 6.86. The first-order valence-electron chi connectivity index (χ1n) is 6.13. The van der Waals surface area contributed by atoms with E-state index in [-0.39, 0.29) is 6.10 Å². The first kappa shape index (κ1) is 14.4. The number of benzene rings is 2. The average molecular weight is 419 g/mol. The van der Waals surface area contributed by atoms with Gasteiger partial charge in [-0.15, -0.1) is 0 Å². The van der Waals surface area contributed by atoms with E-state index in [2.05, 4.69) is 31.9 Å². The molecule has 0 spiro atoms. The highest BCUT2D eigenvalue weighted by Crippen LogP contribution is 2.42. The summed E-state index contributed by atoms with van der Waals surface area (Å²) in [6.45, 7) is 0. The first-order chi connectivity index (χ1) is 9.54. The molecule has 2 atom stereocenters. The summed E-state index contributed by atoms with van der Waals surface area (Å²) in [5.41, 5.74) is 1.78. The number of ether oxygens (including phenoxy) is 1. The molecule has 0 aliphatic carbocycles. The van der Waals surface area contributed by atoms with Crippen LogP contribution in [0.2, 0.25) is 5.02 Å². The van der Waals surface area contributed by atoms with Crippen molar-refractivity contribution < 1.29 is 9.84 Å². The van der Waals surface area contributed by atoms with Crippen LogP contribution in [0.25, 0.3) is 0 Å². The van der Waals surface area contributed by atoms with Crippen LogP contribution in [0.5, 0.6) is 5.75 Å². The normalized spacial score (nSPS) is 21.2. The van der Waals surface area contributed by atoms with Gasteiger partial charge in [0.1, 0.15) is 11.9 Å². The molecule has 0 saturated heterocycles. The highest BCUT2D eigenvalue weighted by molar-refractivity contribution is 9.13. The SMILES string of the molecule is OC1CC(c2ccc(Br)c(Br)c2)Oc2ccc(Cl)cc21. The van der Waals surface area contributed by atoms with Crippen molar-refractivity contribution in [1.29, 1.82) is 0 Å². The Hall–Kier alpha value is -0.550. The van der Waals surface area contributed by atoms with Gasteiger partial charge in [0.25, 0.3) is 0 Å². The topological polar surface area (TPSA) is 29.5 Å². The molecule has 2 unspecified atom stereocenters. The van der Waals surface area contributed by atoms with Crippen LogP contribution in [0.1, 0.15) is 29.8 Å². The highest BCUT2D eigenvalue weighted by Gasteiger charge is 2.28. The molecule has 0 aromatic heterocycles. The molecular formula is C15H11Br2ClO2. The molecule has 2 aromatic carbocycles.